The molecule has 1 N–H and O–H groups in total. The van der Waals surface area contributed by atoms with Gasteiger partial charge in [0.15, 0.2) is 0 Å². The minimum absolute atomic E-state index is 0.223. The Labute approximate surface area is 133 Å². The highest BCUT2D eigenvalue weighted by Crippen LogP contribution is 2.22. The normalized spacial score (nSPS) is 10.5. The molecule has 0 atom stereocenters. The molecule has 5 nitrogen and oxygen atoms in total. The van der Waals surface area contributed by atoms with Crippen LogP contribution in [0.15, 0.2) is 59.0 Å². The molecule has 0 unspecified atom stereocenters. The summed E-state index contributed by atoms with van der Waals surface area (Å²) in [5.41, 5.74) is 1.85. The van der Waals surface area contributed by atoms with Crippen molar-refractivity contribution in [3.63, 3.8) is 0 Å². The summed E-state index contributed by atoms with van der Waals surface area (Å²) in [5, 5.41) is 8.87. The van der Waals surface area contributed by atoms with Gasteiger partial charge in [-0.3, -0.25) is 0 Å². The van der Waals surface area contributed by atoms with Gasteiger partial charge < -0.3 is 14.3 Å². The minimum atomic E-state index is -0.962. The third-order valence-electron chi connectivity index (χ3n) is 3.39. The number of hydrogen-bond donors (Lipinski definition) is 1. The average Bonchev–Trinajstić information content (AvgIpc) is 2.95. The van der Waals surface area contributed by atoms with Crippen LogP contribution in [-0.2, 0) is 6.61 Å². The Balaban J connectivity index is 1.71. The fraction of sp³-hybridized carbons (Fsp3) is 0.111. The second kappa shape index (κ2) is 6.36. The van der Waals surface area contributed by atoms with Gasteiger partial charge in [0.1, 0.15) is 23.8 Å². The monoisotopic (exact) mass is 309 g/mol. The molecular formula is C18H15NO4. The number of benzene rings is 2. The fourth-order valence-electron chi connectivity index (χ4n) is 2.11. The number of oxazole rings is 1. The van der Waals surface area contributed by atoms with E-state index in [1.54, 1.807) is 12.1 Å². The summed E-state index contributed by atoms with van der Waals surface area (Å²) in [7, 11) is 0. The molecule has 116 valence electrons. The summed E-state index contributed by atoms with van der Waals surface area (Å²) >= 11 is 0. The number of carboxylic acid groups (broad SMARTS) is 1. The van der Waals surface area contributed by atoms with E-state index in [4.69, 9.17) is 14.3 Å². The molecule has 0 fully saturated rings. The smallest absolute Gasteiger partial charge is 0.335 e. The lowest BCUT2D eigenvalue weighted by atomic mass is 10.2. The van der Waals surface area contributed by atoms with E-state index in [9.17, 15) is 4.79 Å². The van der Waals surface area contributed by atoms with Crippen molar-refractivity contribution < 1.29 is 19.1 Å². The minimum Gasteiger partial charge on any atom is -0.487 e. The van der Waals surface area contributed by atoms with E-state index in [2.05, 4.69) is 4.98 Å². The number of aryl methyl sites for hydroxylation is 1. The van der Waals surface area contributed by atoms with Crippen LogP contribution in [0.5, 0.6) is 5.75 Å². The van der Waals surface area contributed by atoms with E-state index in [0.29, 0.717) is 23.1 Å². The molecule has 0 aliphatic heterocycles. The summed E-state index contributed by atoms with van der Waals surface area (Å²) in [4.78, 5) is 15.3. The summed E-state index contributed by atoms with van der Waals surface area (Å²) in [6, 6.07) is 15.9. The van der Waals surface area contributed by atoms with E-state index in [1.807, 2.05) is 37.3 Å². The highest BCUT2D eigenvalue weighted by Gasteiger charge is 2.12. The van der Waals surface area contributed by atoms with Crippen molar-refractivity contribution >= 4 is 5.97 Å². The zero-order chi connectivity index (χ0) is 16.2. The highest BCUT2D eigenvalue weighted by atomic mass is 16.5. The molecule has 23 heavy (non-hydrogen) atoms. The summed E-state index contributed by atoms with van der Waals surface area (Å²) in [5.74, 6) is 0.879. The van der Waals surface area contributed by atoms with Gasteiger partial charge in [-0.15, -0.1) is 0 Å². The Bertz CT molecular complexity index is 807. The number of hydrogen-bond acceptors (Lipinski definition) is 4. The number of carbonyl (C=O) groups is 1. The molecule has 5 heteroatoms. The van der Waals surface area contributed by atoms with Crippen LogP contribution in [0.1, 0.15) is 21.8 Å². The van der Waals surface area contributed by atoms with E-state index < -0.39 is 5.97 Å². The summed E-state index contributed by atoms with van der Waals surface area (Å²) < 4.78 is 11.3. The van der Waals surface area contributed by atoms with Gasteiger partial charge in [0, 0.05) is 5.56 Å². The third-order valence-corrected chi connectivity index (χ3v) is 3.39. The van der Waals surface area contributed by atoms with Gasteiger partial charge in [-0.05, 0) is 43.3 Å². The van der Waals surface area contributed by atoms with Crippen LogP contribution in [0.2, 0.25) is 0 Å². The predicted octanol–water partition coefficient (Wildman–Crippen LogP) is 3.93. The first-order valence-corrected chi connectivity index (χ1v) is 7.11. The van der Waals surface area contributed by atoms with Crippen LogP contribution >= 0.6 is 0 Å². The molecule has 0 saturated heterocycles. The van der Waals surface area contributed by atoms with E-state index >= 15 is 0 Å². The predicted molar refractivity (Wildman–Crippen MR) is 84.4 cm³/mol. The Hall–Kier alpha value is -3.08. The Morgan fingerprint density at radius 2 is 1.83 bits per heavy atom. The molecule has 1 heterocycles. The number of aromatic carboxylic acids is 1. The van der Waals surface area contributed by atoms with Gasteiger partial charge in [0.05, 0.1) is 5.56 Å². The Morgan fingerprint density at radius 3 is 2.48 bits per heavy atom. The maximum absolute atomic E-state index is 10.8. The van der Waals surface area contributed by atoms with Gasteiger partial charge in [-0.25, -0.2) is 9.78 Å². The second-order valence-electron chi connectivity index (χ2n) is 5.01. The lowest BCUT2D eigenvalue weighted by Gasteiger charge is -2.04. The van der Waals surface area contributed by atoms with Gasteiger partial charge in [0.25, 0.3) is 0 Å². The van der Waals surface area contributed by atoms with E-state index in [-0.39, 0.29) is 12.2 Å². The van der Waals surface area contributed by atoms with E-state index in [1.165, 1.54) is 12.1 Å². The lowest BCUT2D eigenvalue weighted by Crippen LogP contribution is -1.99. The van der Waals surface area contributed by atoms with Gasteiger partial charge >= 0.3 is 5.97 Å². The average molecular weight is 309 g/mol. The zero-order valence-electron chi connectivity index (χ0n) is 12.5. The number of aromatic nitrogens is 1. The van der Waals surface area contributed by atoms with Crippen molar-refractivity contribution in [1.82, 2.24) is 4.98 Å². The molecule has 0 radical (unpaired) electrons. The van der Waals surface area contributed by atoms with Crippen LogP contribution in [0.3, 0.4) is 0 Å². The molecule has 3 rings (SSSR count). The molecule has 0 aliphatic carbocycles. The molecule has 3 aromatic rings. The lowest BCUT2D eigenvalue weighted by molar-refractivity contribution is 0.0697. The first kappa shape index (κ1) is 14.8. The number of rotatable bonds is 5. The van der Waals surface area contributed by atoms with Gasteiger partial charge in [0.2, 0.25) is 5.89 Å². The molecule has 0 aliphatic rings. The first-order chi connectivity index (χ1) is 11.1. The SMILES string of the molecule is Cc1oc(-c2ccccc2)nc1COc1ccc(C(=O)O)cc1. The molecule has 0 bridgehead atoms. The van der Waals surface area contributed by atoms with Crippen LogP contribution in [0.25, 0.3) is 11.5 Å². The molecule has 1 aromatic heterocycles. The second-order valence-corrected chi connectivity index (χ2v) is 5.01. The fourth-order valence-corrected chi connectivity index (χ4v) is 2.11. The van der Waals surface area contributed by atoms with Crippen molar-refractivity contribution in [2.24, 2.45) is 0 Å². The number of ether oxygens (including phenoxy) is 1. The van der Waals surface area contributed by atoms with Crippen LogP contribution < -0.4 is 4.74 Å². The molecule has 0 spiro atoms. The Morgan fingerprint density at radius 1 is 1.13 bits per heavy atom. The third kappa shape index (κ3) is 3.40. The van der Waals surface area contributed by atoms with E-state index in [0.717, 1.165) is 5.56 Å². The van der Waals surface area contributed by atoms with Crippen LogP contribution in [0.4, 0.5) is 0 Å². The van der Waals surface area contributed by atoms with Crippen molar-refractivity contribution in [3.8, 4) is 17.2 Å². The number of nitrogens with zero attached hydrogens (tertiary/aromatic N) is 1. The van der Waals surface area contributed by atoms with Crippen LogP contribution in [-0.4, -0.2) is 16.1 Å². The molecule has 0 saturated carbocycles. The molecular weight excluding hydrogens is 294 g/mol. The quantitative estimate of drug-likeness (QED) is 0.773. The van der Waals surface area contributed by atoms with Gasteiger partial charge in [-0.2, -0.15) is 0 Å². The van der Waals surface area contributed by atoms with Gasteiger partial charge in [-0.1, -0.05) is 18.2 Å². The molecule has 2 aromatic carbocycles. The largest absolute Gasteiger partial charge is 0.487 e. The molecule has 0 amide bonds. The topological polar surface area (TPSA) is 72.6 Å². The first-order valence-electron chi connectivity index (χ1n) is 7.11. The van der Waals surface area contributed by atoms with Crippen molar-refractivity contribution in [2.45, 2.75) is 13.5 Å². The number of carboxylic acids is 1. The van der Waals surface area contributed by atoms with Crippen molar-refractivity contribution in [2.75, 3.05) is 0 Å². The standard InChI is InChI=1S/C18H15NO4/c1-12-16(19-17(23-12)13-5-3-2-4-6-13)11-22-15-9-7-14(8-10-15)18(20)21/h2-10H,11H2,1H3,(H,20,21). The van der Waals surface area contributed by atoms with Crippen molar-refractivity contribution in [1.29, 1.82) is 0 Å². The summed E-state index contributed by atoms with van der Waals surface area (Å²) in [6.45, 7) is 2.10. The van der Waals surface area contributed by atoms with Crippen LogP contribution in [0, 0.1) is 6.92 Å². The van der Waals surface area contributed by atoms with Crippen molar-refractivity contribution in [3.05, 3.63) is 71.6 Å². The zero-order valence-corrected chi connectivity index (χ0v) is 12.5. The maximum atomic E-state index is 10.8. The Kier molecular flexibility index (Phi) is 4.10. The maximum Gasteiger partial charge on any atom is 0.335 e. The highest BCUT2D eigenvalue weighted by molar-refractivity contribution is 5.87. The summed E-state index contributed by atoms with van der Waals surface area (Å²) in [6.07, 6.45) is 0.